The number of hydrogen-bond acceptors (Lipinski definition) is 4. The van der Waals surface area contributed by atoms with E-state index in [4.69, 9.17) is 9.47 Å². The van der Waals surface area contributed by atoms with Crippen molar-refractivity contribution in [2.75, 3.05) is 0 Å². The summed E-state index contributed by atoms with van der Waals surface area (Å²) in [6, 6.07) is 15.2. The molecule has 1 aliphatic heterocycles. The minimum atomic E-state index is 0.0351. The third kappa shape index (κ3) is 3.83. The molecule has 2 aromatic carbocycles. The Morgan fingerprint density at radius 3 is 1.57 bits per heavy atom. The summed E-state index contributed by atoms with van der Waals surface area (Å²) in [7, 11) is 0. The van der Waals surface area contributed by atoms with Gasteiger partial charge in [-0.2, -0.15) is 9.98 Å². The molecule has 2 atom stereocenters. The zero-order valence-electron chi connectivity index (χ0n) is 17.5. The minimum absolute atomic E-state index is 0.0351. The van der Waals surface area contributed by atoms with Crippen molar-refractivity contribution in [2.24, 2.45) is 9.98 Å². The molecule has 0 aromatic heterocycles. The van der Waals surface area contributed by atoms with Crippen LogP contribution in [0.15, 0.2) is 46.4 Å². The molecular weight excluding hydrogens is 348 g/mol. The Morgan fingerprint density at radius 1 is 0.750 bits per heavy atom. The van der Waals surface area contributed by atoms with Gasteiger partial charge in [0.25, 0.3) is 0 Å². The lowest BCUT2D eigenvalue weighted by atomic mass is 9.87. The SMILES string of the molecule is CC(C)(C)c1ccc2c(c1)N=C=Nc1cc(C(C)(C)C)ccc1OC1CC1O2. The third-order valence-electron chi connectivity index (χ3n) is 5.22. The molecule has 4 nitrogen and oxygen atoms in total. The Morgan fingerprint density at radius 2 is 1.18 bits per heavy atom. The zero-order chi connectivity index (χ0) is 20.1. The van der Waals surface area contributed by atoms with Crippen molar-refractivity contribution < 1.29 is 9.47 Å². The molecule has 1 aliphatic carbocycles. The van der Waals surface area contributed by atoms with Gasteiger partial charge in [0.1, 0.15) is 41.1 Å². The molecule has 146 valence electrons. The Labute approximate surface area is 167 Å². The second-order valence-corrected chi connectivity index (χ2v) is 9.74. The second kappa shape index (κ2) is 6.49. The second-order valence-electron chi connectivity index (χ2n) is 9.74. The number of aliphatic imine (C=N–C) groups is 2. The fraction of sp³-hybridized carbons (Fsp3) is 0.458. The molecule has 2 aliphatic rings. The highest BCUT2D eigenvalue weighted by Gasteiger charge is 2.43. The molecule has 0 amide bonds. The number of fused-ring (bicyclic) bond motifs is 3. The average molecular weight is 377 g/mol. The van der Waals surface area contributed by atoms with E-state index >= 15 is 0 Å². The van der Waals surface area contributed by atoms with E-state index < -0.39 is 0 Å². The Balaban J connectivity index is 1.80. The molecule has 1 saturated carbocycles. The summed E-state index contributed by atoms with van der Waals surface area (Å²) in [5.41, 5.74) is 4.00. The highest BCUT2D eigenvalue weighted by molar-refractivity contribution is 5.66. The van der Waals surface area contributed by atoms with Crippen LogP contribution in [0.2, 0.25) is 0 Å². The van der Waals surface area contributed by atoms with Crippen LogP contribution < -0.4 is 9.47 Å². The van der Waals surface area contributed by atoms with Gasteiger partial charge >= 0.3 is 0 Å². The molecule has 4 rings (SSSR count). The molecular formula is C24H28N2O2. The zero-order valence-corrected chi connectivity index (χ0v) is 17.5. The van der Waals surface area contributed by atoms with E-state index in [-0.39, 0.29) is 23.0 Å². The number of ether oxygens (including phenoxy) is 2. The van der Waals surface area contributed by atoms with Crippen molar-refractivity contribution >= 4 is 17.4 Å². The van der Waals surface area contributed by atoms with Gasteiger partial charge in [-0.1, -0.05) is 53.7 Å². The lowest BCUT2D eigenvalue weighted by Crippen LogP contribution is -2.12. The van der Waals surface area contributed by atoms with Crippen molar-refractivity contribution in [1.82, 2.24) is 0 Å². The maximum atomic E-state index is 6.16. The fourth-order valence-corrected chi connectivity index (χ4v) is 3.20. The van der Waals surface area contributed by atoms with Crippen molar-refractivity contribution in [3.8, 4) is 11.5 Å². The fourth-order valence-electron chi connectivity index (χ4n) is 3.20. The highest BCUT2D eigenvalue weighted by Crippen LogP contribution is 2.41. The first-order valence-electron chi connectivity index (χ1n) is 9.90. The largest absolute Gasteiger partial charge is 0.484 e. The quantitative estimate of drug-likeness (QED) is 0.539. The molecule has 0 N–H and O–H groups in total. The smallest absolute Gasteiger partial charge is 0.146 e. The molecule has 4 heteroatoms. The van der Waals surface area contributed by atoms with Gasteiger partial charge in [0.2, 0.25) is 0 Å². The van der Waals surface area contributed by atoms with Gasteiger partial charge in [-0.25, -0.2) is 0 Å². The maximum absolute atomic E-state index is 6.16. The summed E-state index contributed by atoms with van der Waals surface area (Å²) in [6.07, 6.45) is 0.958. The molecule has 0 radical (unpaired) electrons. The summed E-state index contributed by atoms with van der Waals surface area (Å²) in [4.78, 5) is 9.02. The molecule has 1 heterocycles. The van der Waals surface area contributed by atoms with Crippen LogP contribution >= 0.6 is 0 Å². The van der Waals surface area contributed by atoms with Gasteiger partial charge < -0.3 is 9.47 Å². The van der Waals surface area contributed by atoms with Gasteiger partial charge in [-0.15, -0.1) is 0 Å². The highest BCUT2D eigenvalue weighted by atomic mass is 16.6. The van der Waals surface area contributed by atoms with Gasteiger partial charge in [-0.05, 0) is 46.2 Å². The van der Waals surface area contributed by atoms with E-state index in [9.17, 15) is 0 Å². The van der Waals surface area contributed by atoms with Crippen LogP contribution in [0.3, 0.4) is 0 Å². The van der Waals surface area contributed by atoms with Crippen LogP contribution in [0.5, 0.6) is 11.5 Å². The molecule has 0 saturated heterocycles. The lowest BCUT2D eigenvalue weighted by Gasteiger charge is -2.20. The van der Waals surface area contributed by atoms with Crippen molar-refractivity contribution in [3.05, 3.63) is 47.5 Å². The monoisotopic (exact) mass is 376 g/mol. The van der Waals surface area contributed by atoms with Crippen LogP contribution in [0.4, 0.5) is 11.4 Å². The van der Waals surface area contributed by atoms with Gasteiger partial charge in [0.15, 0.2) is 0 Å². The number of benzene rings is 2. The molecule has 2 aromatic rings. The summed E-state index contributed by atoms with van der Waals surface area (Å²) < 4.78 is 12.3. The first-order valence-corrected chi connectivity index (χ1v) is 9.90. The maximum Gasteiger partial charge on any atom is 0.146 e. The van der Waals surface area contributed by atoms with E-state index in [0.717, 1.165) is 29.3 Å². The standard InChI is InChI=1S/C24H28N2O2/c1-23(2,3)15-7-9-19-17(11-15)25-14-26-18-12-16(24(4,5)6)8-10-20(18)28-22-13-21(22)27-19/h7-12,21-22H,13H2,1-6H3. The van der Waals surface area contributed by atoms with Gasteiger partial charge in [0.05, 0.1) is 0 Å². The molecule has 2 unspecified atom stereocenters. The van der Waals surface area contributed by atoms with E-state index in [1.165, 1.54) is 11.1 Å². The van der Waals surface area contributed by atoms with Crippen molar-refractivity contribution in [2.45, 2.75) is 71.0 Å². The first kappa shape index (κ1) is 18.8. The summed E-state index contributed by atoms with van der Waals surface area (Å²) in [6.45, 7) is 13.1. The number of nitrogens with zero attached hydrogens (tertiary/aromatic N) is 2. The Bertz CT molecular complexity index is 898. The van der Waals surface area contributed by atoms with E-state index in [2.05, 4.69) is 81.8 Å². The minimum Gasteiger partial charge on any atom is -0.484 e. The van der Waals surface area contributed by atoms with Crippen LogP contribution in [0, 0.1) is 0 Å². The van der Waals surface area contributed by atoms with E-state index in [1.807, 2.05) is 12.1 Å². The van der Waals surface area contributed by atoms with Crippen LogP contribution in [0.1, 0.15) is 59.1 Å². The van der Waals surface area contributed by atoms with Gasteiger partial charge in [0, 0.05) is 6.42 Å². The predicted octanol–water partition coefficient (Wildman–Crippen LogP) is 6.33. The Kier molecular flexibility index (Phi) is 4.35. The predicted molar refractivity (Wildman–Crippen MR) is 113 cm³/mol. The Hall–Kier alpha value is -2.58. The van der Waals surface area contributed by atoms with Crippen LogP contribution in [0.25, 0.3) is 0 Å². The van der Waals surface area contributed by atoms with Crippen LogP contribution in [-0.4, -0.2) is 18.2 Å². The molecule has 0 bridgehead atoms. The van der Waals surface area contributed by atoms with Gasteiger partial charge in [-0.3, -0.25) is 0 Å². The number of rotatable bonds is 0. The van der Waals surface area contributed by atoms with Crippen molar-refractivity contribution in [3.63, 3.8) is 0 Å². The number of hydrogen-bond donors (Lipinski definition) is 0. The summed E-state index contributed by atoms with van der Waals surface area (Å²) in [5, 5.41) is 0. The molecule has 1 fully saturated rings. The van der Waals surface area contributed by atoms with Crippen LogP contribution in [-0.2, 0) is 10.8 Å². The molecule has 0 spiro atoms. The third-order valence-corrected chi connectivity index (χ3v) is 5.22. The summed E-state index contributed by atoms with van der Waals surface area (Å²) >= 11 is 0. The average Bonchev–Trinajstić information content (AvgIpc) is 3.32. The lowest BCUT2D eigenvalue weighted by molar-refractivity contribution is 0.212. The normalized spacial score (nSPS) is 20.8. The first-order chi connectivity index (χ1) is 13.1. The van der Waals surface area contributed by atoms with E-state index in [0.29, 0.717) is 0 Å². The topological polar surface area (TPSA) is 43.2 Å². The molecule has 28 heavy (non-hydrogen) atoms. The summed E-state index contributed by atoms with van der Waals surface area (Å²) in [5.74, 6) is 1.52. The van der Waals surface area contributed by atoms with E-state index in [1.54, 1.807) is 0 Å². The van der Waals surface area contributed by atoms with Crippen molar-refractivity contribution in [1.29, 1.82) is 0 Å².